The summed E-state index contributed by atoms with van der Waals surface area (Å²) in [6, 6.07) is 22.5. The van der Waals surface area contributed by atoms with Gasteiger partial charge in [0.2, 0.25) is 4.75 Å². The largest absolute Gasteiger partial charge is 0.497 e. The quantitative estimate of drug-likeness (QED) is 0.251. The van der Waals surface area contributed by atoms with Crippen molar-refractivity contribution in [2.45, 2.75) is 17.8 Å². The third kappa shape index (κ3) is 5.75. The summed E-state index contributed by atoms with van der Waals surface area (Å²) in [4.78, 5) is 50.0. The van der Waals surface area contributed by atoms with Crippen LogP contribution < -0.4 is 14.8 Å². The minimum Gasteiger partial charge on any atom is -0.497 e. The first-order chi connectivity index (χ1) is 17.4. The molecule has 9 heteroatoms. The number of thioether (sulfide) groups is 1. The smallest absolute Gasteiger partial charge is 0.333 e. The van der Waals surface area contributed by atoms with E-state index < -0.39 is 21.9 Å². The van der Waals surface area contributed by atoms with Gasteiger partial charge in [-0.05, 0) is 47.2 Å². The van der Waals surface area contributed by atoms with E-state index in [0.29, 0.717) is 34.4 Å². The van der Waals surface area contributed by atoms with E-state index in [9.17, 15) is 19.2 Å². The molecule has 0 spiro atoms. The highest BCUT2D eigenvalue weighted by atomic mass is 32.2. The molecule has 1 fully saturated rings. The first-order valence-corrected chi connectivity index (χ1v) is 11.9. The zero-order valence-corrected chi connectivity index (χ0v) is 20.2. The lowest BCUT2D eigenvalue weighted by Gasteiger charge is -2.22. The number of carbonyl (C=O) groups is 4. The maximum Gasteiger partial charge on any atom is 0.333 e. The number of benzene rings is 3. The topological polar surface area (TPSA) is 108 Å². The average molecular weight is 506 g/mol. The Kier molecular flexibility index (Phi) is 7.70. The van der Waals surface area contributed by atoms with Crippen molar-refractivity contribution < 1.29 is 33.4 Å². The number of carbonyl (C=O) groups excluding carboxylic acids is 4. The second-order valence-corrected chi connectivity index (χ2v) is 9.27. The summed E-state index contributed by atoms with van der Waals surface area (Å²) in [5.41, 5.74) is 1.85. The van der Waals surface area contributed by atoms with Crippen molar-refractivity contribution in [1.29, 1.82) is 0 Å². The average Bonchev–Trinajstić information content (AvgIpc) is 3.20. The van der Waals surface area contributed by atoms with Crippen molar-refractivity contribution >= 4 is 34.7 Å². The Balaban J connectivity index is 1.41. The third-order valence-electron chi connectivity index (χ3n) is 5.53. The maximum atomic E-state index is 13.0. The molecule has 8 nitrogen and oxygen atoms in total. The monoisotopic (exact) mass is 505 g/mol. The highest BCUT2D eigenvalue weighted by Crippen LogP contribution is 2.37. The van der Waals surface area contributed by atoms with Crippen molar-refractivity contribution in [2.24, 2.45) is 0 Å². The summed E-state index contributed by atoms with van der Waals surface area (Å²) < 4.78 is 14.4. The minimum absolute atomic E-state index is 0.0163. The molecule has 1 atom stereocenters. The fraction of sp³-hybridized carbons (Fsp3) is 0.185. The lowest BCUT2D eigenvalue weighted by Crippen LogP contribution is -2.46. The predicted octanol–water partition coefficient (Wildman–Crippen LogP) is 3.96. The van der Waals surface area contributed by atoms with Gasteiger partial charge in [0.15, 0.2) is 12.4 Å². The number of imide groups is 1. The number of nitrogens with one attached hydrogen (secondary N) is 1. The number of hydrogen-bond donors (Lipinski definition) is 1. The minimum atomic E-state index is -1.73. The number of methoxy groups -OCH3 is 1. The number of hydrogen-bond acceptors (Lipinski definition) is 8. The Hall–Kier alpha value is -4.11. The van der Waals surface area contributed by atoms with E-state index in [4.69, 9.17) is 14.2 Å². The molecule has 3 aromatic rings. The van der Waals surface area contributed by atoms with Crippen LogP contribution in [0.2, 0.25) is 0 Å². The Morgan fingerprint density at radius 3 is 2.31 bits per heavy atom. The predicted molar refractivity (Wildman–Crippen MR) is 133 cm³/mol. The molecule has 0 radical (unpaired) electrons. The molecule has 0 unspecified atom stereocenters. The molecule has 1 saturated heterocycles. The summed E-state index contributed by atoms with van der Waals surface area (Å²) in [7, 11) is 1.53. The summed E-state index contributed by atoms with van der Waals surface area (Å²) in [5, 5.41) is 1.58. The van der Waals surface area contributed by atoms with Crippen molar-refractivity contribution in [3.63, 3.8) is 0 Å². The standard InChI is InChI=1S/C27H23NO7S/c1-33-22-9-5-8-20(14-22)23(29)17-34-21-12-10-18(11-13-21)15-27(24(30)28-26(32)36-27)25(31)35-16-19-6-3-2-4-7-19/h2-14H,15-17H2,1H3,(H,28,30,32)/t27-/m0/s1. The zero-order chi connectivity index (χ0) is 25.5. The molecule has 184 valence electrons. The van der Waals surface area contributed by atoms with E-state index in [0.717, 1.165) is 5.56 Å². The molecule has 36 heavy (non-hydrogen) atoms. The number of ketones is 1. The molecular formula is C27H23NO7S. The Bertz CT molecular complexity index is 1280. The number of esters is 1. The molecule has 0 aliphatic carbocycles. The lowest BCUT2D eigenvalue weighted by molar-refractivity contribution is -0.150. The fourth-order valence-electron chi connectivity index (χ4n) is 3.61. The van der Waals surface area contributed by atoms with Crippen LogP contribution in [-0.4, -0.2) is 41.4 Å². The molecule has 3 aromatic carbocycles. The Morgan fingerprint density at radius 1 is 0.889 bits per heavy atom. The lowest BCUT2D eigenvalue weighted by atomic mass is 9.97. The van der Waals surface area contributed by atoms with Crippen LogP contribution in [0.15, 0.2) is 78.9 Å². The van der Waals surface area contributed by atoms with E-state index in [2.05, 4.69) is 5.32 Å². The normalized spacial score (nSPS) is 16.8. The fourth-order valence-corrected chi connectivity index (χ4v) is 4.59. The Morgan fingerprint density at radius 2 is 1.64 bits per heavy atom. The van der Waals surface area contributed by atoms with E-state index in [1.165, 1.54) is 7.11 Å². The molecule has 4 rings (SSSR count). The van der Waals surface area contributed by atoms with Crippen molar-refractivity contribution in [3.05, 3.63) is 95.6 Å². The summed E-state index contributed by atoms with van der Waals surface area (Å²) >= 11 is 0.618. The van der Waals surface area contributed by atoms with Gasteiger partial charge in [-0.25, -0.2) is 4.79 Å². The van der Waals surface area contributed by atoms with E-state index in [1.54, 1.807) is 60.7 Å². The van der Waals surface area contributed by atoms with Crippen LogP contribution in [0.25, 0.3) is 0 Å². The molecule has 1 heterocycles. The van der Waals surface area contributed by atoms with Gasteiger partial charge in [0, 0.05) is 12.0 Å². The highest BCUT2D eigenvalue weighted by molar-refractivity contribution is 8.16. The van der Waals surface area contributed by atoms with E-state index in [-0.39, 0.29) is 25.4 Å². The number of Topliss-reactive ketones (excluding diaryl/α,β-unsaturated/α-hetero) is 1. The summed E-state index contributed by atoms with van der Waals surface area (Å²) in [6.45, 7) is -0.188. The third-order valence-corrected chi connectivity index (χ3v) is 6.66. The van der Waals surface area contributed by atoms with Gasteiger partial charge in [-0.2, -0.15) is 0 Å². The van der Waals surface area contributed by atoms with Gasteiger partial charge in [0.1, 0.15) is 18.1 Å². The van der Waals surface area contributed by atoms with Crippen LogP contribution in [0.3, 0.4) is 0 Å². The second kappa shape index (κ2) is 11.1. The van der Waals surface area contributed by atoms with Gasteiger partial charge < -0.3 is 14.2 Å². The maximum absolute atomic E-state index is 13.0. The molecular weight excluding hydrogens is 482 g/mol. The van der Waals surface area contributed by atoms with Gasteiger partial charge in [-0.3, -0.25) is 19.7 Å². The van der Waals surface area contributed by atoms with Crippen molar-refractivity contribution in [1.82, 2.24) is 5.32 Å². The number of rotatable bonds is 10. The van der Waals surface area contributed by atoms with Gasteiger partial charge in [-0.1, -0.05) is 54.6 Å². The molecule has 1 N–H and O–H groups in total. The van der Waals surface area contributed by atoms with Crippen LogP contribution in [0.4, 0.5) is 4.79 Å². The highest BCUT2D eigenvalue weighted by Gasteiger charge is 2.55. The van der Waals surface area contributed by atoms with Crippen LogP contribution in [-0.2, 0) is 27.4 Å². The van der Waals surface area contributed by atoms with Gasteiger partial charge >= 0.3 is 5.97 Å². The molecule has 2 amide bonds. The zero-order valence-electron chi connectivity index (χ0n) is 19.4. The van der Waals surface area contributed by atoms with Crippen LogP contribution in [0.5, 0.6) is 11.5 Å². The molecule has 0 bridgehead atoms. The molecule has 0 saturated carbocycles. The first kappa shape index (κ1) is 25.0. The molecule has 0 aromatic heterocycles. The number of ether oxygens (including phenoxy) is 3. The van der Waals surface area contributed by atoms with Crippen LogP contribution in [0, 0.1) is 0 Å². The SMILES string of the molecule is COc1cccc(C(=O)COc2ccc(C[C@]3(C(=O)OCc4ccccc4)SC(=O)NC3=O)cc2)c1. The van der Waals surface area contributed by atoms with Gasteiger partial charge in [0.05, 0.1) is 7.11 Å². The summed E-state index contributed by atoms with van der Waals surface area (Å²) in [6.07, 6.45) is -0.0497. The second-order valence-electron chi connectivity index (χ2n) is 8.00. The van der Waals surface area contributed by atoms with Gasteiger partial charge in [0.25, 0.3) is 11.1 Å². The van der Waals surface area contributed by atoms with E-state index in [1.807, 2.05) is 18.2 Å². The van der Waals surface area contributed by atoms with Crippen LogP contribution in [0.1, 0.15) is 21.5 Å². The molecule has 1 aliphatic rings. The van der Waals surface area contributed by atoms with Crippen LogP contribution >= 0.6 is 11.8 Å². The van der Waals surface area contributed by atoms with Gasteiger partial charge in [-0.15, -0.1) is 0 Å². The number of amides is 2. The Labute approximate surface area is 211 Å². The van der Waals surface area contributed by atoms with Crippen molar-refractivity contribution in [3.8, 4) is 11.5 Å². The van der Waals surface area contributed by atoms with Crippen molar-refractivity contribution in [2.75, 3.05) is 13.7 Å². The first-order valence-electron chi connectivity index (χ1n) is 11.0. The summed E-state index contributed by atoms with van der Waals surface area (Å²) in [5.74, 6) is -0.691. The molecule has 1 aliphatic heterocycles. The van der Waals surface area contributed by atoms with E-state index >= 15 is 0 Å².